The molecule has 6 rings (SSSR count). The Bertz CT molecular complexity index is 1710. The molecule has 0 radical (unpaired) electrons. The van der Waals surface area contributed by atoms with Crippen LogP contribution < -0.4 is 14.6 Å². The second kappa shape index (κ2) is 9.65. The van der Waals surface area contributed by atoms with Crippen molar-refractivity contribution in [2.45, 2.75) is 40.3 Å². The number of carboxylic acids is 1. The summed E-state index contributed by atoms with van der Waals surface area (Å²) < 4.78 is 9.50. The van der Waals surface area contributed by atoms with Crippen LogP contribution in [0.4, 0.5) is 5.69 Å². The third-order valence-electron chi connectivity index (χ3n) is 7.93. The van der Waals surface area contributed by atoms with Crippen molar-refractivity contribution in [1.82, 2.24) is 4.57 Å². The van der Waals surface area contributed by atoms with Crippen molar-refractivity contribution in [3.63, 3.8) is 0 Å². The maximum atomic E-state index is 13.2. The lowest BCUT2D eigenvalue weighted by Gasteiger charge is -2.36. The van der Waals surface area contributed by atoms with Crippen LogP contribution in [0.15, 0.2) is 59.4 Å². The molecule has 0 saturated heterocycles. The third kappa shape index (κ3) is 4.12. The number of aromatic nitrogens is 1. The lowest BCUT2D eigenvalue weighted by atomic mass is 9.80. The Balaban J connectivity index is 1.59. The Labute approximate surface area is 232 Å². The summed E-state index contributed by atoms with van der Waals surface area (Å²) in [4.78, 5) is 25.2. The van der Waals surface area contributed by atoms with Crippen molar-refractivity contribution >= 4 is 23.6 Å². The van der Waals surface area contributed by atoms with Gasteiger partial charge in [-0.25, -0.2) is 0 Å². The summed E-state index contributed by atoms with van der Waals surface area (Å²) in [6.07, 6.45) is 2.01. The van der Waals surface area contributed by atoms with Crippen molar-refractivity contribution in [2.24, 2.45) is 0 Å². The van der Waals surface area contributed by atoms with Crippen LogP contribution in [-0.4, -0.2) is 28.5 Å². The van der Waals surface area contributed by atoms with Crippen LogP contribution in [0.25, 0.3) is 33.4 Å². The Morgan fingerprint density at radius 3 is 2.38 bits per heavy atom. The molecule has 2 aliphatic heterocycles. The van der Waals surface area contributed by atoms with E-state index >= 15 is 0 Å². The molecule has 6 nitrogen and oxygen atoms in total. The molecule has 0 fully saturated rings. The highest BCUT2D eigenvalue weighted by Gasteiger charge is 2.31. The smallest absolute Gasteiger partial charge is 0.307 e. The summed E-state index contributed by atoms with van der Waals surface area (Å²) >= 11 is 1.63. The fourth-order valence-electron chi connectivity index (χ4n) is 6.06. The molecule has 4 aromatic rings. The van der Waals surface area contributed by atoms with Gasteiger partial charge in [0, 0.05) is 17.4 Å². The van der Waals surface area contributed by atoms with Crippen molar-refractivity contribution in [1.29, 1.82) is 0 Å². The van der Waals surface area contributed by atoms with Gasteiger partial charge < -0.3 is 14.1 Å². The number of fused-ring (bicyclic) bond motifs is 4. The molecule has 3 aromatic carbocycles. The van der Waals surface area contributed by atoms with Gasteiger partial charge in [0.25, 0.3) is 5.56 Å². The van der Waals surface area contributed by atoms with Crippen LogP contribution in [0.5, 0.6) is 5.88 Å². The van der Waals surface area contributed by atoms with Crippen LogP contribution in [0.3, 0.4) is 0 Å². The largest absolute Gasteiger partial charge is 0.481 e. The van der Waals surface area contributed by atoms with E-state index in [0.717, 1.165) is 61.3 Å². The number of aliphatic carboxylic acids is 1. The quantitative estimate of drug-likeness (QED) is 0.297. The average molecular weight is 539 g/mol. The summed E-state index contributed by atoms with van der Waals surface area (Å²) in [5, 5.41) is 9.85. The second-order valence-corrected chi connectivity index (χ2v) is 11.1. The molecule has 0 amide bonds. The van der Waals surface area contributed by atoms with E-state index in [2.05, 4.69) is 54.6 Å². The van der Waals surface area contributed by atoms with E-state index < -0.39 is 5.97 Å². The van der Waals surface area contributed by atoms with E-state index in [1.807, 2.05) is 31.4 Å². The number of pyridine rings is 1. The molecule has 2 aliphatic rings. The molecule has 1 N–H and O–H groups in total. The van der Waals surface area contributed by atoms with E-state index in [0.29, 0.717) is 31.1 Å². The van der Waals surface area contributed by atoms with Gasteiger partial charge >= 0.3 is 5.97 Å². The van der Waals surface area contributed by atoms with Gasteiger partial charge in [-0.1, -0.05) is 53.9 Å². The first-order valence-electron chi connectivity index (χ1n) is 13.0. The summed E-state index contributed by atoms with van der Waals surface area (Å²) in [5.74, 6) is -0.218. The predicted molar refractivity (Wildman–Crippen MR) is 158 cm³/mol. The summed E-state index contributed by atoms with van der Waals surface area (Å²) in [6.45, 7) is 7.95. The molecular weight excluding hydrogens is 508 g/mol. The number of hydrogen-bond donors (Lipinski definition) is 1. The minimum Gasteiger partial charge on any atom is -0.481 e. The predicted octanol–water partition coefficient (Wildman–Crippen LogP) is 6.39. The first-order chi connectivity index (χ1) is 18.8. The highest BCUT2D eigenvalue weighted by molar-refractivity contribution is 7.99. The van der Waals surface area contributed by atoms with E-state index in [-0.39, 0.29) is 12.0 Å². The maximum absolute atomic E-state index is 13.2. The first-order valence-corrected chi connectivity index (χ1v) is 14.2. The Morgan fingerprint density at radius 2 is 1.67 bits per heavy atom. The number of nitrogens with zero attached hydrogens (tertiary/aromatic N) is 2. The van der Waals surface area contributed by atoms with Gasteiger partial charge in [0.05, 0.1) is 25.2 Å². The molecule has 7 heteroatoms. The fraction of sp³-hybridized carbons (Fsp3) is 0.250. The Morgan fingerprint density at radius 1 is 0.949 bits per heavy atom. The average Bonchev–Trinajstić information content (AvgIpc) is 3.41. The topological polar surface area (TPSA) is 71.8 Å². The highest BCUT2D eigenvalue weighted by atomic mass is 32.2. The number of rotatable bonds is 5. The molecule has 0 aliphatic carbocycles. The van der Waals surface area contributed by atoms with Gasteiger partial charge in [0.1, 0.15) is 6.61 Å². The zero-order valence-electron chi connectivity index (χ0n) is 22.5. The maximum Gasteiger partial charge on any atom is 0.307 e. The van der Waals surface area contributed by atoms with Crippen molar-refractivity contribution in [2.75, 3.05) is 17.2 Å². The van der Waals surface area contributed by atoms with Crippen molar-refractivity contribution in [3.8, 4) is 39.3 Å². The number of anilines is 1. The number of carbonyl (C=O) groups is 1. The summed E-state index contributed by atoms with van der Waals surface area (Å²) in [7, 11) is 0. The molecule has 0 saturated carbocycles. The Hall–Kier alpha value is -3.97. The molecule has 1 aromatic heterocycles. The fourth-order valence-corrected chi connectivity index (χ4v) is 6.74. The van der Waals surface area contributed by atoms with Crippen molar-refractivity contribution < 1.29 is 14.6 Å². The lowest BCUT2D eigenvalue weighted by Crippen LogP contribution is -2.23. The lowest BCUT2D eigenvalue weighted by molar-refractivity contribution is -0.136. The van der Waals surface area contributed by atoms with Crippen LogP contribution >= 0.6 is 11.9 Å². The zero-order valence-corrected chi connectivity index (χ0v) is 23.3. The molecule has 0 unspecified atom stereocenters. The molecule has 0 spiro atoms. The molecule has 39 heavy (non-hydrogen) atoms. The van der Waals surface area contributed by atoms with E-state index in [9.17, 15) is 14.7 Å². The Kier molecular flexibility index (Phi) is 6.26. The summed E-state index contributed by atoms with van der Waals surface area (Å²) in [5.41, 5.74) is 12.1. The van der Waals surface area contributed by atoms with Gasteiger partial charge in [0.2, 0.25) is 0 Å². The molecule has 3 heterocycles. The third-order valence-corrected chi connectivity index (χ3v) is 8.69. The van der Waals surface area contributed by atoms with Gasteiger partial charge in [-0.05, 0) is 83.5 Å². The first kappa shape index (κ1) is 25.3. The van der Waals surface area contributed by atoms with Crippen LogP contribution in [0.1, 0.15) is 27.8 Å². The number of hydrogen-bond acceptors (Lipinski definition) is 5. The van der Waals surface area contributed by atoms with Gasteiger partial charge in [-0.15, -0.1) is 0 Å². The minimum absolute atomic E-state index is 0.0325. The second-order valence-electron chi connectivity index (χ2n) is 10.2. The zero-order chi connectivity index (χ0) is 27.4. The highest BCUT2D eigenvalue weighted by Crippen LogP contribution is 2.50. The van der Waals surface area contributed by atoms with Crippen LogP contribution in [0, 0.1) is 20.8 Å². The van der Waals surface area contributed by atoms with E-state index in [4.69, 9.17) is 4.74 Å². The molecular formula is C32H30N2O4S. The summed E-state index contributed by atoms with van der Waals surface area (Å²) in [6, 6.07) is 18.3. The number of ether oxygens (including phenoxy) is 1. The van der Waals surface area contributed by atoms with E-state index in [1.165, 1.54) is 0 Å². The van der Waals surface area contributed by atoms with Gasteiger partial charge in [-0.2, -0.15) is 0 Å². The normalized spacial score (nSPS) is 13.5. The van der Waals surface area contributed by atoms with Gasteiger partial charge in [-0.3, -0.25) is 14.2 Å². The molecule has 0 bridgehead atoms. The minimum atomic E-state index is -0.839. The number of carboxylic acid groups (broad SMARTS) is 1. The standard InChI is InChI=1S/C32H30N2O4S/c1-18-5-7-21(8-6-18)29-20(3)30-24-10-9-22(25-11-12-27-33(32(25)37)13-14-38-27)15-23(24)17-34(39-4)31(30)19(2)26(29)16-28(35)36/h5-12,15H,13-14,16-17H2,1-4H3,(H,35,36). The van der Waals surface area contributed by atoms with E-state index in [1.54, 1.807) is 16.5 Å². The van der Waals surface area contributed by atoms with Crippen LogP contribution in [-0.2, 0) is 24.3 Å². The van der Waals surface area contributed by atoms with Crippen LogP contribution in [0.2, 0.25) is 0 Å². The number of aryl methyl sites for hydroxylation is 1. The van der Waals surface area contributed by atoms with Gasteiger partial charge in [0.15, 0.2) is 5.88 Å². The molecule has 198 valence electrons. The SMILES string of the molecule is CSN1Cc2cc(-c3ccc4n(c3=O)CCO4)ccc2-c2c(C)c(-c3ccc(C)cc3)c(CC(=O)O)c(C)c21. The monoisotopic (exact) mass is 538 g/mol. The molecule has 0 atom stereocenters. The number of benzene rings is 3. The van der Waals surface area contributed by atoms with Crippen molar-refractivity contribution in [3.05, 3.63) is 92.8 Å².